The van der Waals surface area contributed by atoms with Crippen LogP contribution in [-0.4, -0.2) is 44.9 Å². The van der Waals surface area contributed by atoms with Crippen molar-refractivity contribution in [1.29, 1.82) is 0 Å². The Labute approximate surface area is 156 Å². The predicted octanol–water partition coefficient (Wildman–Crippen LogP) is 2.33. The number of para-hydroxylation sites is 2. The van der Waals surface area contributed by atoms with E-state index in [2.05, 4.69) is 24.6 Å². The Hall–Kier alpha value is -2.90. The molecule has 140 valence electrons. The maximum Gasteiger partial charge on any atom is 0.312 e. The van der Waals surface area contributed by atoms with Crippen molar-refractivity contribution in [2.45, 2.75) is 38.8 Å². The molecule has 8 nitrogen and oxygen atoms in total. The molecule has 1 spiro atoms. The van der Waals surface area contributed by atoms with Gasteiger partial charge in [0, 0.05) is 26.4 Å². The van der Waals surface area contributed by atoms with Gasteiger partial charge >= 0.3 is 5.97 Å². The number of imidazole rings is 1. The van der Waals surface area contributed by atoms with E-state index in [9.17, 15) is 4.79 Å². The van der Waals surface area contributed by atoms with Crippen molar-refractivity contribution >= 4 is 23.0 Å². The van der Waals surface area contributed by atoms with E-state index in [4.69, 9.17) is 9.26 Å². The van der Waals surface area contributed by atoms with Gasteiger partial charge in [0.05, 0.1) is 29.3 Å². The van der Waals surface area contributed by atoms with Crippen molar-refractivity contribution in [3.05, 3.63) is 36.5 Å². The predicted molar refractivity (Wildman–Crippen MR) is 97.1 cm³/mol. The van der Waals surface area contributed by atoms with Crippen LogP contribution in [0.25, 0.3) is 11.0 Å². The molecular formula is C19H21N5O3. The molecule has 1 atom stereocenters. The number of nitrogens with zero attached hydrogens (tertiary/aromatic N) is 5. The van der Waals surface area contributed by atoms with Gasteiger partial charge in [-0.15, -0.1) is 0 Å². The molecule has 2 aliphatic heterocycles. The van der Waals surface area contributed by atoms with Crippen LogP contribution < -0.4 is 4.90 Å². The van der Waals surface area contributed by atoms with Crippen molar-refractivity contribution in [3.63, 3.8) is 0 Å². The van der Waals surface area contributed by atoms with Crippen LogP contribution in [-0.2, 0) is 16.1 Å². The number of esters is 1. The molecular weight excluding hydrogens is 346 g/mol. The highest BCUT2D eigenvalue weighted by Gasteiger charge is 2.50. The highest BCUT2D eigenvalue weighted by atomic mass is 16.6. The average Bonchev–Trinajstić information content (AvgIpc) is 3.36. The zero-order chi connectivity index (χ0) is 18.4. The highest BCUT2D eigenvalue weighted by Crippen LogP contribution is 2.44. The second-order valence-corrected chi connectivity index (χ2v) is 7.50. The summed E-state index contributed by atoms with van der Waals surface area (Å²) < 4.78 is 12.9. The molecule has 0 radical (unpaired) electrons. The SMILES string of the molecule is Cc1nc(N2CCC3(CC2)CC(Cn2cnc4ccccc42)OC3=O)no1. The van der Waals surface area contributed by atoms with Gasteiger partial charge in [0.2, 0.25) is 5.89 Å². The number of benzene rings is 1. The number of carbonyl (C=O) groups excluding carboxylic acids is 1. The number of aromatic nitrogens is 4. The van der Waals surface area contributed by atoms with Crippen LogP contribution in [0.4, 0.5) is 5.95 Å². The van der Waals surface area contributed by atoms with Crippen molar-refractivity contribution in [2.75, 3.05) is 18.0 Å². The third-order valence-corrected chi connectivity index (χ3v) is 5.77. The van der Waals surface area contributed by atoms with E-state index in [1.807, 2.05) is 30.6 Å². The molecule has 0 amide bonds. The summed E-state index contributed by atoms with van der Waals surface area (Å²) in [7, 11) is 0. The first kappa shape index (κ1) is 16.3. The molecule has 0 N–H and O–H groups in total. The molecule has 4 heterocycles. The number of hydrogen-bond acceptors (Lipinski definition) is 7. The smallest absolute Gasteiger partial charge is 0.312 e. The monoisotopic (exact) mass is 367 g/mol. The maximum absolute atomic E-state index is 12.7. The van der Waals surface area contributed by atoms with Crippen LogP contribution in [0.3, 0.4) is 0 Å². The number of piperidine rings is 1. The molecule has 8 heteroatoms. The summed E-state index contributed by atoms with van der Waals surface area (Å²) in [5.74, 6) is 1.09. The second-order valence-electron chi connectivity index (χ2n) is 7.50. The molecule has 0 aliphatic carbocycles. The van der Waals surface area contributed by atoms with Crippen molar-refractivity contribution in [2.24, 2.45) is 5.41 Å². The van der Waals surface area contributed by atoms with E-state index in [0.717, 1.165) is 43.4 Å². The van der Waals surface area contributed by atoms with Gasteiger partial charge in [-0.2, -0.15) is 4.98 Å². The fourth-order valence-electron chi connectivity index (χ4n) is 4.27. The summed E-state index contributed by atoms with van der Waals surface area (Å²) in [6.07, 6.45) is 3.96. The average molecular weight is 367 g/mol. The lowest BCUT2D eigenvalue weighted by Gasteiger charge is -2.35. The Morgan fingerprint density at radius 1 is 1.26 bits per heavy atom. The quantitative estimate of drug-likeness (QED) is 0.657. The number of carbonyl (C=O) groups is 1. The molecule has 1 aromatic carbocycles. The van der Waals surface area contributed by atoms with Gasteiger partial charge in [0.15, 0.2) is 0 Å². The Balaban J connectivity index is 1.28. The summed E-state index contributed by atoms with van der Waals surface area (Å²) in [6.45, 7) is 3.88. The number of ether oxygens (including phenoxy) is 1. The lowest BCUT2D eigenvalue weighted by Crippen LogP contribution is -2.43. The topological polar surface area (TPSA) is 86.3 Å². The zero-order valence-corrected chi connectivity index (χ0v) is 15.2. The summed E-state index contributed by atoms with van der Waals surface area (Å²) in [5, 5.41) is 3.98. The molecule has 5 rings (SSSR count). The minimum Gasteiger partial charge on any atom is -0.460 e. The first-order valence-corrected chi connectivity index (χ1v) is 9.29. The van der Waals surface area contributed by atoms with Crippen molar-refractivity contribution < 1.29 is 14.1 Å². The summed E-state index contributed by atoms with van der Waals surface area (Å²) in [6, 6.07) is 8.00. The molecule has 1 unspecified atom stereocenters. The van der Waals surface area contributed by atoms with Gasteiger partial charge in [-0.3, -0.25) is 4.79 Å². The summed E-state index contributed by atoms with van der Waals surface area (Å²) >= 11 is 0. The standard InChI is InChI=1S/C19H21N5O3/c1-13-21-18(22-27-13)23-8-6-19(7-9-23)10-14(26-17(19)25)11-24-12-20-15-4-2-3-5-16(15)24/h2-5,12,14H,6-11H2,1H3. The number of aryl methyl sites for hydroxylation is 1. The number of rotatable bonds is 3. The number of anilines is 1. The maximum atomic E-state index is 12.7. The fourth-order valence-corrected chi connectivity index (χ4v) is 4.27. The van der Waals surface area contributed by atoms with Gasteiger partial charge < -0.3 is 18.7 Å². The van der Waals surface area contributed by atoms with E-state index in [0.29, 0.717) is 18.4 Å². The van der Waals surface area contributed by atoms with Crippen LogP contribution in [0.15, 0.2) is 35.1 Å². The van der Waals surface area contributed by atoms with E-state index < -0.39 is 5.41 Å². The van der Waals surface area contributed by atoms with Gasteiger partial charge in [-0.1, -0.05) is 12.1 Å². The van der Waals surface area contributed by atoms with Gasteiger partial charge in [0.25, 0.3) is 5.95 Å². The van der Waals surface area contributed by atoms with Crippen LogP contribution in [0.1, 0.15) is 25.2 Å². The highest BCUT2D eigenvalue weighted by molar-refractivity contribution is 5.79. The van der Waals surface area contributed by atoms with E-state index >= 15 is 0 Å². The van der Waals surface area contributed by atoms with Crippen molar-refractivity contribution in [1.82, 2.24) is 19.7 Å². The number of fused-ring (bicyclic) bond motifs is 1. The molecule has 2 aromatic heterocycles. The van der Waals surface area contributed by atoms with Gasteiger partial charge in [0.1, 0.15) is 6.10 Å². The van der Waals surface area contributed by atoms with E-state index in [1.165, 1.54) is 0 Å². The summed E-state index contributed by atoms with van der Waals surface area (Å²) in [4.78, 5) is 23.5. The van der Waals surface area contributed by atoms with E-state index in [1.54, 1.807) is 6.92 Å². The van der Waals surface area contributed by atoms with Gasteiger partial charge in [-0.25, -0.2) is 4.98 Å². The zero-order valence-electron chi connectivity index (χ0n) is 15.2. The summed E-state index contributed by atoms with van der Waals surface area (Å²) in [5.41, 5.74) is 1.63. The molecule has 2 aliphatic rings. The van der Waals surface area contributed by atoms with Crippen LogP contribution in [0.2, 0.25) is 0 Å². The third-order valence-electron chi connectivity index (χ3n) is 5.77. The lowest BCUT2D eigenvalue weighted by atomic mass is 9.76. The molecule has 0 bridgehead atoms. The largest absolute Gasteiger partial charge is 0.460 e. The van der Waals surface area contributed by atoms with Crippen LogP contribution in [0, 0.1) is 12.3 Å². The Morgan fingerprint density at radius 2 is 2.07 bits per heavy atom. The number of hydrogen-bond donors (Lipinski definition) is 0. The minimum atomic E-state index is -0.393. The molecule has 2 saturated heterocycles. The Morgan fingerprint density at radius 3 is 2.85 bits per heavy atom. The normalized spacial score (nSPS) is 21.9. The second kappa shape index (κ2) is 6.07. The number of cyclic esters (lactones) is 1. The lowest BCUT2D eigenvalue weighted by molar-refractivity contribution is -0.150. The molecule has 27 heavy (non-hydrogen) atoms. The Bertz CT molecular complexity index is 986. The first-order chi connectivity index (χ1) is 13.1. The third kappa shape index (κ3) is 2.75. The fraction of sp³-hybridized carbons (Fsp3) is 0.474. The molecule has 0 saturated carbocycles. The van der Waals surface area contributed by atoms with Crippen LogP contribution >= 0.6 is 0 Å². The van der Waals surface area contributed by atoms with Gasteiger partial charge in [-0.05, 0) is 30.1 Å². The van der Waals surface area contributed by atoms with E-state index in [-0.39, 0.29) is 12.1 Å². The minimum absolute atomic E-state index is 0.0686. The van der Waals surface area contributed by atoms with Crippen molar-refractivity contribution in [3.8, 4) is 0 Å². The van der Waals surface area contributed by atoms with Crippen LogP contribution in [0.5, 0.6) is 0 Å². The molecule has 2 fully saturated rings. The first-order valence-electron chi connectivity index (χ1n) is 9.29. The molecule has 3 aromatic rings. The Kier molecular flexibility index (Phi) is 3.66.